The number of benzene rings is 1. The summed E-state index contributed by atoms with van der Waals surface area (Å²) in [4.78, 5) is 16.9. The fourth-order valence-electron chi connectivity index (χ4n) is 1.98. The Hall–Kier alpha value is -1.08. The van der Waals surface area contributed by atoms with E-state index in [0.717, 1.165) is 20.5 Å². The van der Waals surface area contributed by atoms with Crippen molar-refractivity contribution in [1.82, 2.24) is 10.3 Å². The van der Waals surface area contributed by atoms with Gasteiger partial charge in [0.25, 0.3) is 0 Å². The number of fused-ring (bicyclic) bond motifs is 1. The van der Waals surface area contributed by atoms with Crippen LogP contribution < -0.4 is 10.6 Å². The van der Waals surface area contributed by atoms with E-state index in [4.69, 9.17) is 11.6 Å². The molecule has 1 aromatic heterocycles. The van der Waals surface area contributed by atoms with E-state index in [0.29, 0.717) is 5.02 Å². The van der Waals surface area contributed by atoms with Crippen molar-refractivity contribution in [2.45, 2.75) is 15.3 Å². The first-order chi connectivity index (χ1) is 9.19. The maximum absolute atomic E-state index is 11.8. The Labute approximate surface area is 123 Å². The SMILES string of the molecule is CNC1C(=O)Nc2cc(Sc3nccs3)c(Cl)cc21. The first-order valence-corrected chi connectivity index (χ1v) is 7.65. The summed E-state index contributed by atoms with van der Waals surface area (Å²) in [6, 6.07) is 3.41. The van der Waals surface area contributed by atoms with Crippen LogP contribution in [0.3, 0.4) is 0 Å². The average Bonchev–Trinajstić information content (AvgIpc) is 2.97. The second-order valence-electron chi connectivity index (χ2n) is 3.98. The highest BCUT2D eigenvalue weighted by molar-refractivity contribution is 8.01. The number of amides is 1. The number of rotatable bonds is 3. The number of aromatic nitrogens is 1. The van der Waals surface area contributed by atoms with Crippen LogP contribution in [0.1, 0.15) is 11.6 Å². The number of likely N-dealkylation sites (N-methyl/N-ethyl adjacent to an activating group) is 1. The molecule has 3 rings (SSSR count). The molecule has 0 fully saturated rings. The maximum Gasteiger partial charge on any atom is 0.246 e. The Morgan fingerprint density at radius 1 is 1.53 bits per heavy atom. The molecule has 0 saturated carbocycles. The number of hydrogen-bond donors (Lipinski definition) is 2. The zero-order valence-electron chi connectivity index (χ0n) is 9.94. The average molecular weight is 312 g/mol. The minimum atomic E-state index is -0.327. The summed E-state index contributed by atoms with van der Waals surface area (Å²) >= 11 is 9.34. The van der Waals surface area contributed by atoms with Crippen molar-refractivity contribution in [2.24, 2.45) is 0 Å². The summed E-state index contributed by atoms with van der Waals surface area (Å²) in [5.41, 5.74) is 1.70. The van der Waals surface area contributed by atoms with Gasteiger partial charge in [-0.1, -0.05) is 23.4 Å². The molecule has 7 heteroatoms. The van der Waals surface area contributed by atoms with Crippen LogP contribution in [0.4, 0.5) is 5.69 Å². The van der Waals surface area contributed by atoms with Crippen LogP contribution in [-0.4, -0.2) is 17.9 Å². The quantitative estimate of drug-likeness (QED) is 0.914. The van der Waals surface area contributed by atoms with Gasteiger partial charge in [0.05, 0.1) is 5.02 Å². The van der Waals surface area contributed by atoms with E-state index in [1.165, 1.54) is 11.8 Å². The zero-order chi connectivity index (χ0) is 13.4. The second-order valence-corrected chi connectivity index (χ2v) is 6.57. The van der Waals surface area contributed by atoms with Crippen molar-refractivity contribution in [3.05, 3.63) is 34.3 Å². The summed E-state index contributed by atoms with van der Waals surface area (Å²) in [6.45, 7) is 0. The molecule has 1 amide bonds. The molecule has 0 radical (unpaired) electrons. The molecule has 1 aromatic carbocycles. The predicted molar refractivity (Wildman–Crippen MR) is 78.1 cm³/mol. The van der Waals surface area contributed by atoms with Crippen LogP contribution in [0.25, 0.3) is 0 Å². The van der Waals surface area contributed by atoms with Crippen LogP contribution in [0.5, 0.6) is 0 Å². The Bertz CT molecular complexity index is 630. The molecular formula is C12H10ClN3OS2. The lowest BCUT2D eigenvalue weighted by molar-refractivity contribution is -0.117. The summed E-state index contributed by atoms with van der Waals surface area (Å²) in [5, 5.41) is 8.38. The minimum absolute atomic E-state index is 0.0510. The third-order valence-corrected chi connectivity index (χ3v) is 5.20. The number of carbonyl (C=O) groups is 1. The molecule has 4 nitrogen and oxygen atoms in total. The molecule has 0 bridgehead atoms. The standard InChI is InChI=1S/C12H10ClN3OS2/c1-14-10-6-4-7(13)9(5-8(6)16-11(10)17)19-12-15-2-3-18-12/h2-5,10,14H,1H3,(H,16,17). The zero-order valence-corrected chi connectivity index (χ0v) is 12.3. The largest absolute Gasteiger partial charge is 0.324 e. The molecule has 0 aliphatic carbocycles. The Balaban J connectivity index is 1.97. The number of nitrogens with zero attached hydrogens (tertiary/aromatic N) is 1. The van der Waals surface area contributed by atoms with Crippen molar-refractivity contribution in [2.75, 3.05) is 12.4 Å². The summed E-state index contributed by atoms with van der Waals surface area (Å²) in [7, 11) is 1.76. The predicted octanol–water partition coefficient (Wildman–Crippen LogP) is 3.16. The van der Waals surface area contributed by atoms with Crippen molar-refractivity contribution in [3.63, 3.8) is 0 Å². The monoisotopic (exact) mass is 311 g/mol. The van der Waals surface area contributed by atoms with Gasteiger partial charge in [-0.25, -0.2) is 4.98 Å². The third kappa shape index (κ3) is 2.36. The van der Waals surface area contributed by atoms with Gasteiger partial charge in [0, 0.05) is 27.7 Å². The second kappa shape index (κ2) is 5.13. The van der Waals surface area contributed by atoms with Crippen molar-refractivity contribution < 1.29 is 4.79 Å². The van der Waals surface area contributed by atoms with Gasteiger partial charge in [-0.3, -0.25) is 4.79 Å². The van der Waals surface area contributed by atoms with Gasteiger partial charge in [-0.05, 0) is 19.2 Å². The summed E-state index contributed by atoms with van der Waals surface area (Å²) in [5.74, 6) is -0.0510. The lowest BCUT2D eigenvalue weighted by Crippen LogP contribution is -2.23. The highest BCUT2D eigenvalue weighted by atomic mass is 35.5. The smallest absolute Gasteiger partial charge is 0.246 e. The van der Waals surface area contributed by atoms with Gasteiger partial charge >= 0.3 is 0 Å². The van der Waals surface area contributed by atoms with Gasteiger partial charge in [-0.15, -0.1) is 11.3 Å². The molecule has 19 heavy (non-hydrogen) atoms. The first-order valence-electron chi connectivity index (χ1n) is 5.58. The topological polar surface area (TPSA) is 54.0 Å². The third-order valence-electron chi connectivity index (χ3n) is 2.83. The Kier molecular flexibility index (Phi) is 3.49. The minimum Gasteiger partial charge on any atom is -0.324 e. The maximum atomic E-state index is 11.8. The van der Waals surface area contributed by atoms with Crippen molar-refractivity contribution >= 4 is 46.3 Å². The van der Waals surface area contributed by atoms with Crippen molar-refractivity contribution in [3.8, 4) is 0 Å². The summed E-state index contributed by atoms with van der Waals surface area (Å²) in [6.07, 6.45) is 1.76. The highest BCUT2D eigenvalue weighted by Crippen LogP contribution is 2.41. The molecule has 1 unspecified atom stereocenters. The summed E-state index contributed by atoms with van der Waals surface area (Å²) < 4.78 is 0.927. The number of anilines is 1. The van der Waals surface area contributed by atoms with Gasteiger partial charge in [-0.2, -0.15) is 0 Å². The molecule has 98 valence electrons. The Morgan fingerprint density at radius 2 is 2.37 bits per heavy atom. The van der Waals surface area contributed by atoms with Crippen LogP contribution >= 0.6 is 34.7 Å². The van der Waals surface area contributed by atoms with E-state index < -0.39 is 0 Å². The van der Waals surface area contributed by atoms with Gasteiger partial charge in [0.15, 0.2) is 4.34 Å². The number of hydrogen-bond acceptors (Lipinski definition) is 5. The molecule has 0 spiro atoms. The Morgan fingerprint density at radius 3 is 3.05 bits per heavy atom. The number of carbonyl (C=O) groups excluding carboxylic acids is 1. The fourth-order valence-corrected chi connectivity index (χ4v) is 3.89. The van der Waals surface area contributed by atoms with Gasteiger partial charge < -0.3 is 10.6 Å². The van der Waals surface area contributed by atoms with E-state index in [1.54, 1.807) is 24.6 Å². The lowest BCUT2D eigenvalue weighted by Gasteiger charge is -2.08. The molecule has 0 saturated heterocycles. The van der Waals surface area contributed by atoms with Crippen LogP contribution in [0.15, 0.2) is 32.9 Å². The lowest BCUT2D eigenvalue weighted by atomic mass is 10.1. The number of nitrogens with one attached hydrogen (secondary N) is 2. The molecule has 2 aromatic rings. The molecule has 1 aliphatic heterocycles. The van der Waals surface area contributed by atoms with Crippen LogP contribution in [0, 0.1) is 0 Å². The van der Waals surface area contributed by atoms with E-state index in [9.17, 15) is 4.79 Å². The van der Waals surface area contributed by atoms with E-state index >= 15 is 0 Å². The van der Waals surface area contributed by atoms with Gasteiger partial charge in [0.2, 0.25) is 5.91 Å². The van der Waals surface area contributed by atoms with E-state index in [-0.39, 0.29) is 11.9 Å². The number of halogens is 1. The number of thiazole rings is 1. The molecule has 2 N–H and O–H groups in total. The van der Waals surface area contributed by atoms with Crippen LogP contribution in [-0.2, 0) is 4.79 Å². The van der Waals surface area contributed by atoms with E-state index in [1.807, 2.05) is 17.5 Å². The highest BCUT2D eigenvalue weighted by Gasteiger charge is 2.30. The normalized spacial score (nSPS) is 17.4. The molecular weight excluding hydrogens is 302 g/mol. The van der Waals surface area contributed by atoms with Crippen LogP contribution in [0.2, 0.25) is 5.02 Å². The van der Waals surface area contributed by atoms with E-state index in [2.05, 4.69) is 15.6 Å². The van der Waals surface area contributed by atoms with Gasteiger partial charge in [0.1, 0.15) is 6.04 Å². The molecule has 1 aliphatic rings. The molecule has 1 atom stereocenters. The molecule has 2 heterocycles. The first kappa shape index (κ1) is 12.9. The van der Waals surface area contributed by atoms with Crippen molar-refractivity contribution in [1.29, 1.82) is 0 Å². The fraction of sp³-hybridized carbons (Fsp3) is 0.167.